The summed E-state index contributed by atoms with van der Waals surface area (Å²) in [5.74, 6) is -0.223. The van der Waals surface area contributed by atoms with E-state index < -0.39 is 28.9 Å². The van der Waals surface area contributed by atoms with Crippen molar-refractivity contribution in [1.82, 2.24) is 40.2 Å². The summed E-state index contributed by atoms with van der Waals surface area (Å²) in [6, 6.07) is 7.12. The average molecular weight is 723 g/mol. The predicted octanol–water partition coefficient (Wildman–Crippen LogP) is 4.85. The average Bonchev–Trinajstić information content (AvgIpc) is 3.88. The molecule has 0 aliphatic carbocycles. The van der Waals surface area contributed by atoms with Gasteiger partial charge in [-0.1, -0.05) is 10.3 Å². The summed E-state index contributed by atoms with van der Waals surface area (Å²) >= 11 is 0. The van der Waals surface area contributed by atoms with Crippen LogP contribution in [0.3, 0.4) is 0 Å². The van der Waals surface area contributed by atoms with Gasteiger partial charge in [0.1, 0.15) is 34.3 Å². The van der Waals surface area contributed by atoms with Gasteiger partial charge in [0.25, 0.3) is 11.1 Å². The van der Waals surface area contributed by atoms with Crippen LogP contribution in [0.15, 0.2) is 42.9 Å². The number of benzene rings is 2. The van der Waals surface area contributed by atoms with Gasteiger partial charge in [-0.25, -0.2) is 19.6 Å². The molecule has 0 amide bonds. The molecule has 0 bridgehead atoms. The second-order valence-electron chi connectivity index (χ2n) is 11.9. The smallest absolute Gasteiger partial charge is 0.374 e. The number of methoxy groups -OCH3 is 3. The fourth-order valence-corrected chi connectivity index (χ4v) is 6.42. The molecule has 0 saturated carbocycles. The zero-order valence-electron chi connectivity index (χ0n) is 29.2. The molecule has 18 heteroatoms. The Kier molecular flexibility index (Phi) is 8.28. The van der Waals surface area contributed by atoms with E-state index in [0.717, 1.165) is 27.9 Å². The van der Waals surface area contributed by atoms with Crippen molar-refractivity contribution >= 4 is 55.8 Å². The van der Waals surface area contributed by atoms with E-state index in [2.05, 4.69) is 45.0 Å². The Morgan fingerprint density at radius 2 is 1.09 bits per heavy atom. The number of hydrogen-bond donors (Lipinski definition) is 5. The normalized spacial score (nSPS) is 11.3. The molecular formula is C35H30N8O10. The maximum absolute atomic E-state index is 12.5. The summed E-state index contributed by atoms with van der Waals surface area (Å²) in [7, 11) is 4.30. The molecule has 5 N–H and O–H groups in total. The van der Waals surface area contributed by atoms with Gasteiger partial charge in [0, 0.05) is 32.9 Å². The van der Waals surface area contributed by atoms with Gasteiger partial charge < -0.3 is 48.3 Å². The number of aromatic nitrogens is 8. The zero-order valence-corrected chi connectivity index (χ0v) is 29.2. The molecular weight excluding hydrogens is 692 g/mol. The minimum Gasteiger partial charge on any atom is -0.496 e. The van der Waals surface area contributed by atoms with Crippen molar-refractivity contribution in [2.45, 2.75) is 27.7 Å². The van der Waals surface area contributed by atoms with Crippen molar-refractivity contribution in [3.05, 3.63) is 79.5 Å². The Labute approximate surface area is 296 Å². The summed E-state index contributed by atoms with van der Waals surface area (Å²) in [6.07, 6.45) is 0. The van der Waals surface area contributed by atoms with Crippen molar-refractivity contribution in [3.8, 4) is 33.8 Å². The molecule has 0 radical (unpaired) electrons. The minimum absolute atomic E-state index is 0.167. The van der Waals surface area contributed by atoms with Gasteiger partial charge in [-0.05, 0) is 52.0 Å². The number of nitrogens with zero attached hydrogens (tertiary/aromatic N) is 4. The van der Waals surface area contributed by atoms with Gasteiger partial charge in [-0.15, -0.1) is 0 Å². The fourth-order valence-electron chi connectivity index (χ4n) is 6.42. The summed E-state index contributed by atoms with van der Waals surface area (Å²) in [6.45, 7) is 7.29. The van der Waals surface area contributed by atoms with Gasteiger partial charge in [0.2, 0.25) is 11.6 Å². The third kappa shape index (κ3) is 5.61. The topological polar surface area (TPSA) is 257 Å². The van der Waals surface area contributed by atoms with Crippen LogP contribution in [0.25, 0.3) is 66.1 Å². The summed E-state index contributed by atoms with van der Waals surface area (Å²) in [5, 5.41) is 18.8. The Bertz CT molecular complexity index is 2870. The van der Waals surface area contributed by atoms with Crippen LogP contribution in [0.1, 0.15) is 44.1 Å². The van der Waals surface area contributed by atoms with Crippen molar-refractivity contribution in [2.75, 3.05) is 21.3 Å². The number of aromatic amines is 4. The Morgan fingerprint density at radius 3 is 1.47 bits per heavy atom. The van der Waals surface area contributed by atoms with Crippen molar-refractivity contribution in [1.29, 1.82) is 0 Å². The summed E-state index contributed by atoms with van der Waals surface area (Å²) < 4.78 is 26.1. The standard InChI is InChI=1S/C18H16N4O5.C17H14N4O5/c1-7-13(8(2)27-22-7)10-5-11-9(6-12(10)25-3)14-15(19-11)20-16(18(24)26-4)21-17(14)23;1-6-12(7(2)26-21-6)9-4-10-8(5-11(9)25-3)13-14(18-10)19-15(17(23)24)20-16(13)22/h5-6H,1-4H3,(H2,19,20,21,23);4-5H,1-3H3,(H,23,24)(H2,18,19,20,22). The molecule has 0 fully saturated rings. The van der Waals surface area contributed by atoms with Crippen molar-refractivity contribution in [3.63, 3.8) is 0 Å². The Balaban J connectivity index is 0.000000164. The highest BCUT2D eigenvalue weighted by Crippen LogP contribution is 2.40. The van der Waals surface area contributed by atoms with Gasteiger partial charge in [-0.2, -0.15) is 0 Å². The lowest BCUT2D eigenvalue weighted by atomic mass is 10.0. The molecule has 6 aromatic heterocycles. The molecule has 18 nitrogen and oxygen atoms in total. The second kappa shape index (κ2) is 12.8. The molecule has 0 aliphatic rings. The molecule has 0 unspecified atom stereocenters. The number of rotatable bonds is 6. The maximum Gasteiger partial charge on any atom is 0.374 e. The molecule has 0 atom stereocenters. The van der Waals surface area contributed by atoms with E-state index in [1.54, 1.807) is 26.2 Å². The summed E-state index contributed by atoms with van der Waals surface area (Å²) in [4.78, 5) is 66.7. The highest BCUT2D eigenvalue weighted by atomic mass is 16.5. The minimum atomic E-state index is -1.31. The molecule has 8 rings (SSSR count). The van der Waals surface area contributed by atoms with Crippen LogP contribution in [0, 0.1) is 27.7 Å². The maximum atomic E-state index is 12.5. The fraction of sp³-hybridized carbons (Fsp3) is 0.200. The first-order chi connectivity index (χ1) is 25.3. The molecule has 270 valence electrons. The van der Waals surface area contributed by atoms with E-state index in [-0.39, 0.29) is 22.5 Å². The quantitative estimate of drug-likeness (QED) is 0.144. The number of nitrogens with one attached hydrogen (secondary N) is 4. The number of aromatic carboxylic acids is 1. The largest absolute Gasteiger partial charge is 0.496 e. The van der Waals surface area contributed by atoms with Crippen molar-refractivity contribution < 1.29 is 38.0 Å². The van der Waals surface area contributed by atoms with E-state index in [0.29, 0.717) is 55.9 Å². The lowest BCUT2D eigenvalue weighted by Crippen LogP contribution is -2.16. The number of ether oxygens (including phenoxy) is 3. The molecule has 8 aromatic rings. The first-order valence-electron chi connectivity index (χ1n) is 15.8. The molecule has 2 aromatic carbocycles. The Hall–Kier alpha value is -7.24. The molecule has 53 heavy (non-hydrogen) atoms. The van der Waals surface area contributed by atoms with E-state index in [1.807, 2.05) is 32.9 Å². The lowest BCUT2D eigenvalue weighted by molar-refractivity contribution is 0.0586. The first-order valence-corrected chi connectivity index (χ1v) is 15.8. The molecule has 6 heterocycles. The van der Waals surface area contributed by atoms with E-state index in [4.69, 9.17) is 23.6 Å². The van der Waals surface area contributed by atoms with Crippen molar-refractivity contribution in [2.24, 2.45) is 0 Å². The number of fused-ring (bicyclic) bond motifs is 6. The number of carboxylic acids is 1. The number of esters is 1. The highest BCUT2D eigenvalue weighted by molar-refractivity contribution is 6.09. The Morgan fingerprint density at radius 1 is 0.660 bits per heavy atom. The van der Waals surface area contributed by atoms with E-state index in [1.165, 1.54) is 14.2 Å². The predicted molar refractivity (Wildman–Crippen MR) is 190 cm³/mol. The SMILES string of the molecule is COC(=O)c1nc2[nH]c3cc(-c4c(C)noc4C)c(OC)cc3c2c(=O)[nH]1.COc1cc2c(cc1-c1c(C)noc1C)[nH]c1nc(C(=O)O)[nH]c(=O)c12. The number of carboxylic acid groups (broad SMARTS) is 1. The van der Waals surface area contributed by atoms with Crippen LogP contribution in [0.4, 0.5) is 0 Å². The van der Waals surface area contributed by atoms with Crippen LogP contribution in [-0.4, -0.2) is 78.6 Å². The van der Waals surface area contributed by atoms with Crippen LogP contribution in [0.2, 0.25) is 0 Å². The number of carbonyl (C=O) groups excluding carboxylic acids is 1. The summed E-state index contributed by atoms with van der Waals surface area (Å²) in [5.41, 5.74) is 5.37. The molecule has 0 saturated heterocycles. The van der Waals surface area contributed by atoms with Gasteiger partial charge in [-0.3, -0.25) is 9.59 Å². The molecule has 0 aliphatic heterocycles. The van der Waals surface area contributed by atoms with Crippen LogP contribution in [0.5, 0.6) is 11.5 Å². The van der Waals surface area contributed by atoms with Gasteiger partial charge in [0.15, 0.2) is 0 Å². The van der Waals surface area contributed by atoms with Gasteiger partial charge in [0.05, 0.1) is 54.6 Å². The number of H-pyrrole nitrogens is 4. The van der Waals surface area contributed by atoms with Crippen LogP contribution >= 0.6 is 0 Å². The van der Waals surface area contributed by atoms with Crippen LogP contribution < -0.4 is 20.6 Å². The number of hydrogen-bond acceptors (Lipinski definition) is 13. The highest BCUT2D eigenvalue weighted by Gasteiger charge is 2.23. The third-order valence-electron chi connectivity index (χ3n) is 8.75. The zero-order chi connectivity index (χ0) is 37.9. The number of aryl methyl sites for hydroxylation is 4. The molecule has 0 spiro atoms. The number of carbonyl (C=O) groups is 2. The van der Waals surface area contributed by atoms with Gasteiger partial charge >= 0.3 is 11.9 Å². The third-order valence-corrected chi connectivity index (χ3v) is 8.75. The van der Waals surface area contributed by atoms with E-state index in [9.17, 15) is 19.2 Å². The monoisotopic (exact) mass is 722 g/mol. The first kappa shape index (κ1) is 34.2. The second-order valence-corrected chi connectivity index (χ2v) is 11.9. The van der Waals surface area contributed by atoms with Crippen LogP contribution in [-0.2, 0) is 4.74 Å². The lowest BCUT2D eigenvalue weighted by Gasteiger charge is -2.08. The van der Waals surface area contributed by atoms with E-state index >= 15 is 0 Å².